The van der Waals surface area contributed by atoms with E-state index in [0.717, 1.165) is 43.6 Å². The van der Waals surface area contributed by atoms with Crippen LogP contribution in [-0.4, -0.2) is 32.7 Å². The minimum atomic E-state index is -0.203. The molecule has 0 saturated carbocycles. The molecule has 136 valence electrons. The minimum absolute atomic E-state index is 0.0348. The Bertz CT molecular complexity index is 581. The van der Waals surface area contributed by atoms with Crippen LogP contribution in [0.15, 0.2) is 42.0 Å². The van der Waals surface area contributed by atoms with Crippen molar-refractivity contribution in [1.82, 2.24) is 0 Å². The summed E-state index contributed by atoms with van der Waals surface area (Å²) >= 11 is 0. The van der Waals surface area contributed by atoms with Crippen molar-refractivity contribution in [3.05, 3.63) is 52.9 Å². The number of azide groups is 1. The first-order valence-electron chi connectivity index (χ1n) is 8.80. The van der Waals surface area contributed by atoms with Crippen LogP contribution in [0.4, 0.5) is 0 Å². The second kappa shape index (κ2) is 10.8. The van der Waals surface area contributed by atoms with Crippen LogP contribution in [0.1, 0.15) is 43.6 Å². The van der Waals surface area contributed by atoms with E-state index in [1.165, 1.54) is 0 Å². The van der Waals surface area contributed by atoms with E-state index in [-0.39, 0.29) is 18.2 Å². The molecule has 1 saturated heterocycles. The molecule has 1 fully saturated rings. The van der Waals surface area contributed by atoms with Gasteiger partial charge in [0, 0.05) is 17.6 Å². The number of hydrogen-bond donors (Lipinski definition) is 0. The van der Waals surface area contributed by atoms with Crippen LogP contribution in [0.2, 0.25) is 0 Å². The van der Waals surface area contributed by atoms with Gasteiger partial charge >= 0.3 is 0 Å². The summed E-state index contributed by atoms with van der Waals surface area (Å²) in [5.74, 6) is 0.824. The van der Waals surface area contributed by atoms with Crippen LogP contribution in [-0.2, 0) is 9.47 Å². The van der Waals surface area contributed by atoms with Gasteiger partial charge in [0.25, 0.3) is 0 Å². The van der Waals surface area contributed by atoms with Crippen LogP contribution in [0.3, 0.4) is 0 Å². The Hall–Kier alpha value is -2.01. The quantitative estimate of drug-likeness (QED) is 0.260. The second-order valence-corrected chi connectivity index (χ2v) is 6.14. The van der Waals surface area contributed by atoms with Gasteiger partial charge in [-0.3, -0.25) is 0 Å². The lowest BCUT2D eigenvalue weighted by Gasteiger charge is -2.26. The normalized spacial score (nSPS) is 19.5. The number of nitrogens with zero attached hydrogens (tertiary/aromatic N) is 3. The summed E-state index contributed by atoms with van der Waals surface area (Å²) in [4.78, 5) is 3.02. The zero-order valence-corrected chi connectivity index (χ0v) is 14.8. The first-order valence-corrected chi connectivity index (χ1v) is 8.80. The Labute approximate surface area is 149 Å². The Morgan fingerprint density at radius 1 is 1.48 bits per heavy atom. The van der Waals surface area contributed by atoms with Crippen molar-refractivity contribution in [2.24, 2.45) is 5.11 Å². The summed E-state index contributed by atoms with van der Waals surface area (Å²) in [5, 5.41) is 3.99. The van der Waals surface area contributed by atoms with Crippen molar-refractivity contribution in [3.63, 3.8) is 0 Å². The fourth-order valence-corrected chi connectivity index (χ4v) is 3.15. The molecule has 0 aromatic heterocycles. The average molecular weight is 345 g/mol. The molecule has 0 aliphatic carbocycles. The van der Waals surface area contributed by atoms with Gasteiger partial charge in [0.05, 0.1) is 13.7 Å². The molecule has 2 rings (SSSR count). The molecule has 3 atom stereocenters. The Morgan fingerprint density at radius 2 is 2.36 bits per heavy atom. The largest absolute Gasteiger partial charge is 0.497 e. The molecule has 6 nitrogen and oxygen atoms in total. The molecule has 0 bridgehead atoms. The van der Waals surface area contributed by atoms with Crippen LogP contribution in [0.25, 0.3) is 10.4 Å². The summed E-state index contributed by atoms with van der Waals surface area (Å²) in [7, 11) is 1.65. The second-order valence-electron chi connectivity index (χ2n) is 6.14. The van der Waals surface area contributed by atoms with Crippen molar-refractivity contribution >= 4 is 0 Å². The van der Waals surface area contributed by atoms with Gasteiger partial charge in [-0.05, 0) is 61.2 Å². The molecule has 1 aromatic rings. The molecule has 25 heavy (non-hydrogen) atoms. The molecule has 1 aromatic carbocycles. The van der Waals surface area contributed by atoms with Crippen molar-refractivity contribution in [2.45, 2.75) is 50.4 Å². The van der Waals surface area contributed by atoms with Crippen molar-refractivity contribution in [2.75, 3.05) is 20.3 Å². The molecule has 1 aliphatic rings. The number of methoxy groups -OCH3 is 1. The molecule has 6 heteroatoms. The van der Waals surface area contributed by atoms with E-state index in [1.807, 2.05) is 24.3 Å². The molecule has 0 radical (unpaired) electrons. The van der Waals surface area contributed by atoms with Gasteiger partial charge in [0.15, 0.2) is 6.29 Å². The van der Waals surface area contributed by atoms with Crippen LogP contribution >= 0.6 is 0 Å². The SMILES string of the molecule is C=CC[C@@H](N=[N+]=[N-])[C@@H](CCOC1CCCCO1)c1cccc(OC)c1. The molecule has 1 aliphatic heterocycles. The first kappa shape index (κ1) is 19.3. The van der Waals surface area contributed by atoms with E-state index in [4.69, 9.17) is 19.7 Å². The van der Waals surface area contributed by atoms with E-state index < -0.39 is 0 Å². The summed E-state index contributed by atoms with van der Waals surface area (Å²) in [6, 6.07) is 7.68. The Kier molecular flexibility index (Phi) is 8.32. The van der Waals surface area contributed by atoms with Gasteiger partial charge in [-0.15, -0.1) is 6.58 Å². The highest BCUT2D eigenvalue weighted by Gasteiger charge is 2.23. The first-order chi connectivity index (χ1) is 12.3. The maximum atomic E-state index is 8.94. The molecule has 0 amide bonds. The average Bonchev–Trinajstić information content (AvgIpc) is 2.66. The Balaban J connectivity index is 2.09. The topological polar surface area (TPSA) is 76.5 Å². The van der Waals surface area contributed by atoms with E-state index in [0.29, 0.717) is 13.0 Å². The maximum Gasteiger partial charge on any atom is 0.157 e. The van der Waals surface area contributed by atoms with Crippen molar-refractivity contribution < 1.29 is 14.2 Å². The fourth-order valence-electron chi connectivity index (χ4n) is 3.15. The summed E-state index contributed by atoms with van der Waals surface area (Å²) in [6.45, 7) is 5.11. The van der Waals surface area contributed by atoms with E-state index in [1.54, 1.807) is 13.2 Å². The lowest BCUT2D eigenvalue weighted by molar-refractivity contribution is -0.163. The predicted octanol–water partition coefficient (Wildman–Crippen LogP) is 4.97. The Morgan fingerprint density at radius 3 is 3.04 bits per heavy atom. The highest BCUT2D eigenvalue weighted by molar-refractivity contribution is 5.32. The highest BCUT2D eigenvalue weighted by Crippen LogP contribution is 2.31. The lowest BCUT2D eigenvalue weighted by atomic mass is 9.87. The van der Waals surface area contributed by atoms with Crippen LogP contribution in [0.5, 0.6) is 5.75 Å². The van der Waals surface area contributed by atoms with Gasteiger partial charge < -0.3 is 14.2 Å². The lowest BCUT2D eigenvalue weighted by Crippen LogP contribution is -2.24. The monoisotopic (exact) mass is 345 g/mol. The third-order valence-electron chi connectivity index (χ3n) is 4.47. The van der Waals surface area contributed by atoms with Gasteiger partial charge in [0.1, 0.15) is 5.75 Å². The van der Waals surface area contributed by atoms with E-state index in [2.05, 4.69) is 16.6 Å². The van der Waals surface area contributed by atoms with E-state index in [9.17, 15) is 0 Å². The fraction of sp³-hybridized carbons (Fsp3) is 0.579. The van der Waals surface area contributed by atoms with Crippen molar-refractivity contribution in [3.8, 4) is 5.75 Å². The number of hydrogen-bond acceptors (Lipinski definition) is 4. The zero-order chi connectivity index (χ0) is 17.9. The van der Waals surface area contributed by atoms with Gasteiger partial charge in [-0.25, -0.2) is 0 Å². The zero-order valence-electron chi connectivity index (χ0n) is 14.8. The summed E-state index contributed by atoms with van der Waals surface area (Å²) < 4.78 is 16.8. The highest BCUT2D eigenvalue weighted by atomic mass is 16.7. The molecule has 1 heterocycles. The van der Waals surface area contributed by atoms with Gasteiger partial charge in [-0.2, -0.15) is 0 Å². The smallest absolute Gasteiger partial charge is 0.157 e. The molecule has 0 spiro atoms. The van der Waals surface area contributed by atoms with Gasteiger partial charge in [-0.1, -0.05) is 23.3 Å². The molecule has 1 unspecified atom stereocenters. The van der Waals surface area contributed by atoms with E-state index >= 15 is 0 Å². The third kappa shape index (κ3) is 6.09. The number of rotatable bonds is 10. The van der Waals surface area contributed by atoms with Crippen LogP contribution < -0.4 is 4.74 Å². The molecular formula is C19H27N3O3. The van der Waals surface area contributed by atoms with Crippen molar-refractivity contribution in [1.29, 1.82) is 0 Å². The standard InChI is InChI=1S/C19H27N3O3/c1-3-7-18(21-22-20)17(15-8-6-9-16(14-15)23-2)11-13-25-19-10-4-5-12-24-19/h3,6,8-9,14,17-19H,1,4-5,7,10-13H2,2H3/t17-,18+,19?/m0/s1. The number of ether oxygens (including phenoxy) is 3. The predicted molar refractivity (Wildman–Crippen MR) is 97.6 cm³/mol. The van der Waals surface area contributed by atoms with Gasteiger partial charge in [0.2, 0.25) is 0 Å². The maximum absolute atomic E-state index is 8.94. The third-order valence-corrected chi connectivity index (χ3v) is 4.47. The van der Waals surface area contributed by atoms with Crippen LogP contribution in [0, 0.1) is 0 Å². The number of benzene rings is 1. The molecule has 0 N–H and O–H groups in total. The summed E-state index contributed by atoms with van der Waals surface area (Å²) in [5.41, 5.74) is 10.0. The molecular weight excluding hydrogens is 318 g/mol. The summed E-state index contributed by atoms with van der Waals surface area (Å²) in [6.07, 6.45) is 6.22. The minimum Gasteiger partial charge on any atom is -0.497 e.